The molecule has 1 amide bonds. The summed E-state index contributed by atoms with van der Waals surface area (Å²) in [5.41, 5.74) is -7.23. The second-order valence-electron chi connectivity index (χ2n) is 18.6. The number of hydrogen-bond acceptors (Lipinski definition) is 16. The molecule has 1 heterocycles. The topological polar surface area (TPSA) is 237 Å². The summed E-state index contributed by atoms with van der Waals surface area (Å²) in [6.07, 6.45) is -11.6. The van der Waals surface area contributed by atoms with Gasteiger partial charge in [-0.15, -0.1) is 0 Å². The first kappa shape index (κ1) is 48.8. The Labute approximate surface area is 387 Å². The first-order chi connectivity index (χ1) is 31.7. The number of Topliss-reactive ketones (excluding diaryl/α,β-unsaturated/α-hetero) is 1. The molecule has 2 bridgehead atoms. The lowest BCUT2D eigenvalue weighted by molar-refractivity contribution is -0.355. The van der Waals surface area contributed by atoms with Crippen molar-refractivity contribution < 1.29 is 76.9 Å². The normalized spacial score (nSPS) is 32.3. The van der Waals surface area contributed by atoms with E-state index >= 15 is 9.59 Å². The molecule has 3 aromatic rings. The Morgan fingerprint density at radius 1 is 0.836 bits per heavy atom. The fourth-order valence-corrected chi connectivity index (χ4v) is 11.1. The van der Waals surface area contributed by atoms with Gasteiger partial charge >= 0.3 is 30.0 Å². The average Bonchev–Trinajstić information content (AvgIpc) is 3.29. The summed E-state index contributed by atoms with van der Waals surface area (Å²) in [6, 6.07) is 22.8. The summed E-state index contributed by atoms with van der Waals surface area (Å²) >= 11 is 0. The largest absolute Gasteiger partial charge is 0.509 e. The van der Waals surface area contributed by atoms with Crippen molar-refractivity contribution in [1.29, 1.82) is 0 Å². The van der Waals surface area contributed by atoms with Crippen LogP contribution in [0, 0.1) is 28.6 Å². The standard InChI is InChI=1S/C50H57NO16/c1-8-61-46(59)65-39(37(30-18-12-9-13-19-30)51-43(56)31-20-14-10-15-21-31)45(58)64-33-25-50(60)42(66-44(57)32-22-16-11-17-23-32)40-48(7,34(54)24-35-49(40,26-62-35)67-29(4)53)41(55)38(63-28(3)52)36(27(33)2)47(50,5)6/h9-23,27,33-40,42,54,60H,8,24-26H2,1-7H3,(H,51,56)/t27-,33+,34+,35-,36-,37+,38?,39-,40+,42+,48-,49+,50-/m1/s1. The van der Waals surface area contributed by atoms with Gasteiger partial charge in [-0.05, 0) is 43.7 Å². The second kappa shape index (κ2) is 18.8. The summed E-state index contributed by atoms with van der Waals surface area (Å²) < 4.78 is 41.6. The third kappa shape index (κ3) is 8.68. The molecule has 358 valence electrons. The molecule has 7 rings (SSSR count). The number of esters is 4. The van der Waals surface area contributed by atoms with Crippen molar-refractivity contribution in [2.45, 2.75) is 115 Å². The van der Waals surface area contributed by atoms with Crippen LogP contribution in [0.4, 0.5) is 4.79 Å². The van der Waals surface area contributed by atoms with Crippen molar-refractivity contribution in [2.24, 2.45) is 28.6 Å². The van der Waals surface area contributed by atoms with E-state index in [4.69, 9.17) is 33.2 Å². The molecule has 3 N–H and O–H groups in total. The Morgan fingerprint density at radius 3 is 1.99 bits per heavy atom. The molecule has 4 fully saturated rings. The summed E-state index contributed by atoms with van der Waals surface area (Å²) in [5.74, 6) is -9.10. The van der Waals surface area contributed by atoms with Crippen LogP contribution in [-0.2, 0) is 52.3 Å². The first-order valence-electron chi connectivity index (χ1n) is 22.3. The zero-order valence-corrected chi connectivity index (χ0v) is 38.4. The average molecular weight is 928 g/mol. The van der Waals surface area contributed by atoms with Gasteiger partial charge in [0, 0.05) is 49.5 Å². The van der Waals surface area contributed by atoms with Crippen LogP contribution < -0.4 is 5.32 Å². The zero-order valence-electron chi connectivity index (χ0n) is 38.4. The highest BCUT2D eigenvalue weighted by Gasteiger charge is 2.79. The Bertz CT molecular complexity index is 2360. The van der Waals surface area contributed by atoms with E-state index in [1.165, 1.54) is 26.0 Å². The predicted molar refractivity (Wildman–Crippen MR) is 234 cm³/mol. The highest BCUT2D eigenvalue weighted by Crippen LogP contribution is 2.65. The van der Waals surface area contributed by atoms with Gasteiger partial charge in [-0.3, -0.25) is 19.2 Å². The second-order valence-corrected chi connectivity index (χ2v) is 18.6. The lowest BCUT2D eigenvalue weighted by Crippen LogP contribution is -2.83. The fraction of sp³-hybridized carbons (Fsp3) is 0.500. The Kier molecular flexibility index (Phi) is 13.7. The van der Waals surface area contributed by atoms with E-state index < -0.39 is 131 Å². The molecule has 13 atom stereocenters. The van der Waals surface area contributed by atoms with Crippen molar-refractivity contribution in [3.8, 4) is 0 Å². The van der Waals surface area contributed by atoms with Gasteiger partial charge < -0.3 is 48.7 Å². The molecule has 0 radical (unpaired) electrons. The molecule has 17 heteroatoms. The maximum Gasteiger partial charge on any atom is 0.509 e. The summed E-state index contributed by atoms with van der Waals surface area (Å²) in [5, 5.41) is 28.8. The van der Waals surface area contributed by atoms with Gasteiger partial charge in [-0.1, -0.05) is 87.5 Å². The number of nitrogens with one attached hydrogen (secondary N) is 1. The van der Waals surface area contributed by atoms with Crippen molar-refractivity contribution in [3.63, 3.8) is 0 Å². The number of hydrogen-bond donors (Lipinski definition) is 3. The van der Waals surface area contributed by atoms with Gasteiger partial charge in [0.05, 0.1) is 36.2 Å². The number of ketones is 1. The van der Waals surface area contributed by atoms with Gasteiger partial charge in [0.1, 0.15) is 30.0 Å². The van der Waals surface area contributed by atoms with Crippen LogP contribution in [0.1, 0.15) is 93.6 Å². The number of carbonyl (C=O) groups excluding carboxylic acids is 7. The minimum Gasteiger partial charge on any atom is -0.459 e. The first-order valence-corrected chi connectivity index (χ1v) is 22.3. The van der Waals surface area contributed by atoms with Gasteiger partial charge in [-0.2, -0.15) is 0 Å². The molecule has 17 nitrogen and oxygen atoms in total. The van der Waals surface area contributed by atoms with E-state index in [9.17, 15) is 34.2 Å². The molecule has 0 spiro atoms. The molecule has 3 aromatic carbocycles. The third-order valence-corrected chi connectivity index (χ3v) is 14.5. The lowest BCUT2D eigenvalue weighted by atomic mass is 9.42. The van der Waals surface area contributed by atoms with Crippen LogP contribution in [-0.4, -0.2) is 113 Å². The van der Waals surface area contributed by atoms with Crippen LogP contribution in [0.2, 0.25) is 0 Å². The van der Waals surface area contributed by atoms with E-state index in [1.54, 1.807) is 99.6 Å². The number of amides is 1. The summed E-state index contributed by atoms with van der Waals surface area (Å²) in [7, 11) is 0. The number of rotatable bonds is 12. The van der Waals surface area contributed by atoms with Gasteiger partial charge in [-0.25, -0.2) is 14.4 Å². The highest BCUT2D eigenvalue weighted by atomic mass is 16.7. The predicted octanol–water partition coefficient (Wildman–Crippen LogP) is 4.85. The molecular weight excluding hydrogens is 871 g/mol. The quantitative estimate of drug-likeness (QED) is 0.163. The monoisotopic (exact) mass is 927 g/mol. The zero-order chi connectivity index (χ0) is 48.6. The Balaban J connectivity index is 1.40. The number of carbonyl (C=O) groups is 7. The molecule has 1 aliphatic heterocycles. The van der Waals surface area contributed by atoms with Crippen molar-refractivity contribution >= 4 is 41.7 Å². The van der Waals surface area contributed by atoms with Crippen LogP contribution in [0.5, 0.6) is 0 Å². The minimum atomic E-state index is -2.40. The smallest absolute Gasteiger partial charge is 0.459 e. The van der Waals surface area contributed by atoms with E-state index in [0.29, 0.717) is 5.56 Å². The van der Waals surface area contributed by atoms with Crippen LogP contribution >= 0.6 is 0 Å². The third-order valence-electron chi connectivity index (χ3n) is 14.5. The number of benzene rings is 3. The van der Waals surface area contributed by atoms with Crippen LogP contribution in [0.25, 0.3) is 0 Å². The Morgan fingerprint density at radius 2 is 1.43 bits per heavy atom. The molecule has 3 saturated carbocycles. The number of ether oxygens (including phenoxy) is 7. The van der Waals surface area contributed by atoms with Crippen LogP contribution in [0.3, 0.4) is 0 Å². The lowest BCUT2D eigenvalue weighted by Gasteiger charge is -2.69. The van der Waals surface area contributed by atoms with Crippen molar-refractivity contribution in [2.75, 3.05) is 13.2 Å². The number of aliphatic hydroxyl groups is 2. The highest BCUT2D eigenvalue weighted by molar-refractivity contribution is 5.95. The van der Waals surface area contributed by atoms with Crippen molar-refractivity contribution in [1.82, 2.24) is 5.32 Å². The summed E-state index contributed by atoms with van der Waals surface area (Å²) in [4.78, 5) is 98.3. The van der Waals surface area contributed by atoms with E-state index in [0.717, 1.165) is 13.8 Å². The molecule has 1 unspecified atom stereocenters. The van der Waals surface area contributed by atoms with Crippen LogP contribution in [0.15, 0.2) is 91.0 Å². The van der Waals surface area contributed by atoms with Crippen molar-refractivity contribution in [3.05, 3.63) is 108 Å². The Hall–Kier alpha value is -6.17. The maximum absolute atomic E-state index is 15.7. The number of fused-ring (bicyclic) bond motifs is 5. The molecular formula is C50H57NO16. The van der Waals surface area contributed by atoms with Gasteiger partial charge in [0.25, 0.3) is 5.91 Å². The molecule has 1 saturated heterocycles. The molecule has 0 aromatic heterocycles. The number of aliphatic hydroxyl groups excluding tert-OH is 1. The maximum atomic E-state index is 15.7. The van der Waals surface area contributed by atoms with E-state index in [1.807, 2.05) is 0 Å². The van der Waals surface area contributed by atoms with Gasteiger partial charge in [0.2, 0.25) is 6.10 Å². The molecule has 67 heavy (non-hydrogen) atoms. The molecule has 4 aliphatic rings. The fourth-order valence-electron chi connectivity index (χ4n) is 11.1. The summed E-state index contributed by atoms with van der Waals surface area (Å²) in [6.45, 7) is 9.55. The molecule has 3 aliphatic carbocycles. The van der Waals surface area contributed by atoms with E-state index in [2.05, 4.69) is 5.32 Å². The van der Waals surface area contributed by atoms with E-state index in [-0.39, 0.29) is 30.8 Å². The minimum absolute atomic E-state index is 0.0586. The SMILES string of the molecule is CCOC(=O)O[C@@H](C(=O)O[C@H]1C[C@@]2(O)[C@@H](OC(=O)c3ccccc3)[C@@H]3[C@]4(OC(C)=O)CO[C@@H]4C[C@H](O)[C@@]3(C)C(=O)C(OC(C)=O)[C@@H]([C@@H]1C)C2(C)C)[C@@H](NC(=O)c1ccccc1)c1ccccc1. The van der Waals surface area contributed by atoms with Gasteiger partial charge in [0.15, 0.2) is 17.5 Å².